The van der Waals surface area contributed by atoms with Gasteiger partial charge in [-0.25, -0.2) is 0 Å². The molecular formula is C17H19NO3. The summed E-state index contributed by atoms with van der Waals surface area (Å²) in [4.78, 5) is 0. The maximum atomic E-state index is 10.8. The predicted octanol–water partition coefficient (Wildman–Crippen LogP) is 2.21. The molecular weight excluding hydrogens is 266 g/mol. The van der Waals surface area contributed by atoms with Crippen LogP contribution in [-0.4, -0.2) is 25.4 Å². The Hall–Kier alpha value is -2.04. The Labute approximate surface area is 124 Å². The molecule has 0 fully saturated rings. The van der Waals surface area contributed by atoms with Crippen LogP contribution in [0.4, 0.5) is 0 Å². The zero-order valence-corrected chi connectivity index (χ0v) is 12.2. The summed E-state index contributed by atoms with van der Waals surface area (Å²) >= 11 is 0. The summed E-state index contributed by atoms with van der Waals surface area (Å²) in [5, 5.41) is 10.8. The van der Waals surface area contributed by atoms with Crippen molar-refractivity contribution in [1.29, 1.82) is 0 Å². The van der Waals surface area contributed by atoms with E-state index in [0.29, 0.717) is 5.75 Å². The molecule has 0 radical (unpaired) electrons. The second kappa shape index (κ2) is 5.06. The molecule has 0 saturated heterocycles. The number of benzene rings is 2. The van der Waals surface area contributed by atoms with Crippen LogP contribution in [0.15, 0.2) is 36.4 Å². The van der Waals surface area contributed by atoms with E-state index in [2.05, 4.69) is 6.07 Å². The van der Waals surface area contributed by atoms with E-state index in [0.717, 1.165) is 28.0 Å². The SMILES string of the molecule is COc1ccc2c(c1)OCC(O)(CN)c1ccc(C)cc1-2. The average Bonchev–Trinajstić information content (AvgIpc) is 2.63. The second-order valence-electron chi connectivity index (χ2n) is 5.44. The molecule has 21 heavy (non-hydrogen) atoms. The van der Waals surface area contributed by atoms with Gasteiger partial charge in [-0.15, -0.1) is 0 Å². The van der Waals surface area contributed by atoms with Gasteiger partial charge >= 0.3 is 0 Å². The zero-order valence-electron chi connectivity index (χ0n) is 12.2. The summed E-state index contributed by atoms with van der Waals surface area (Å²) < 4.78 is 11.1. The first-order valence-corrected chi connectivity index (χ1v) is 6.92. The predicted molar refractivity (Wildman–Crippen MR) is 81.6 cm³/mol. The second-order valence-corrected chi connectivity index (χ2v) is 5.44. The molecule has 4 nitrogen and oxygen atoms in total. The van der Waals surface area contributed by atoms with Gasteiger partial charge in [-0.1, -0.05) is 23.8 Å². The third-order valence-corrected chi connectivity index (χ3v) is 3.96. The summed E-state index contributed by atoms with van der Waals surface area (Å²) in [6.07, 6.45) is 0. The van der Waals surface area contributed by atoms with E-state index in [9.17, 15) is 5.11 Å². The highest BCUT2D eigenvalue weighted by atomic mass is 16.5. The van der Waals surface area contributed by atoms with Crippen LogP contribution in [0.1, 0.15) is 11.1 Å². The third kappa shape index (κ3) is 2.26. The van der Waals surface area contributed by atoms with E-state index in [1.54, 1.807) is 7.11 Å². The van der Waals surface area contributed by atoms with Crippen molar-refractivity contribution >= 4 is 0 Å². The van der Waals surface area contributed by atoms with Crippen LogP contribution in [0.25, 0.3) is 11.1 Å². The molecule has 0 aromatic heterocycles. The first-order chi connectivity index (χ1) is 10.1. The van der Waals surface area contributed by atoms with Crippen molar-refractivity contribution in [3.63, 3.8) is 0 Å². The molecule has 0 amide bonds. The van der Waals surface area contributed by atoms with E-state index in [1.807, 2.05) is 37.3 Å². The van der Waals surface area contributed by atoms with Crippen LogP contribution in [0, 0.1) is 6.92 Å². The fourth-order valence-corrected chi connectivity index (χ4v) is 2.70. The number of fused-ring (bicyclic) bond motifs is 3. The van der Waals surface area contributed by atoms with Crippen molar-refractivity contribution in [3.8, 4) is 22.6 Å². The highest BCUT2D eigenvalue weighted by Crippen LogP contribution is 2.42. The van der Waals surface area contributed by atoms with Gasteiger partial charge in [0.25, 0.3) is 0 Å². The largest absolute Gasteiger partial charge is 0.497 e. The third-order valence-electron chi connectivity index (χ3n) is 3.96. The van der Waals surface area contributed by atoms with Gasteiger partial charge in [0, 0.05) is 18.2 Å². The van der Waals surface area contributed by atoms with Crippen molar-refractivity contribution in [2.24, 2.45) is 5.73 Å². The van der Waals surface area contributed by atoms with Gasteiger partial charge in [0.2, 0.25) is 0 Å². The molecule has 1 aliphatic rings. The standard InChI is InChI=1S/C17H19NO3/c1-11-3-6-15-14(7-11)13-5-4-12(20-2)8-16(13)21-10-17(15,19)9-18/h3-8,19H,9-10,18H2,1-2H3. The van der Waals surface area contributed by atoms with E-state index >= 15 is 0 Å². The molecule has 3 rings (SSSR count). The number of rotatable bonds is 2. The Kier molecular flexibility index (Phi) is 3.35. The van der Waals surface area contributed by atoms with Gasteiger partial charge < -0.3 is 20.3 Å². The quantitative estimate of drug-likeness (QED) is 0.888. The number of aliphatic hydroxyl groups is 1. The molecule has 1 aliphatic heterocycles. The molecule has 1 atom stereocenters. The van der Waals surface area contributed by atoms with E-state index in [-0.39, 0.29) is 13.2 Å². The number of aryl methyl sites for hydroxylation is 1. The van der Waals surface area contributed by atoms with Crippen LogP contribution < -0.4 is 15.2 Å². The van der Waals surface area contributed by atoms with Gasteiger partial charge in [-0.2, -0.15) is 0 Å². The minimum absolute atomic E-state index is 0.105. The summed E-state index contributed by atoms with van der Waals surface area (Å²) in [6.45, 7) is 2.25. The fraction of sp³-hybridized carbons (Fsp3) is 0.294. The maximum absolute atomic E-state index is 10.8. The Bertz CT molecular complexity index is 684. The van der Waals surface area contributed by atoms with Gasteiger partial charge in [-0.05, 0) is 30.2 Å². The minimum Gasteiger partial charge on any atom is -0.497 e. The van der Waals surface area contributed by atoms with Crippen molar-refractivity contribution in [2.75, 3.05) is 20.3 Å². The molecule has 0 bridgehead atoms. The lowest BCUT2D eigenvalue weighted by molar-refractivity contribution is 0.00100. The maximum Gasteiger partial charge on any atom is 0.136 e. The van der Waals surface area contributed by atoms with Crippen LogP contribution >= 0.6 is 0 Å². The lowest BCUT2D eigenvalue weighted by Gasteiger charge is -2.26. The van der Waals surface area contributed by atoms with Crippen LogP contribution in [-0.2, 0) is 5.60 Å². The molecule has 2 aromatic carbocycles. The summed E-state index contributed by atoms with van der Waals surface area (Å²) in [7, 11) is 1.62. The molecule has 0 saturated carbocycles. The molecule has 1 heterocycles. The highest BCUT2D eigenvalue weighted by molar-refractivity contribution is 5.76. The average molecular weight is 285 g/mol. The van der Waals surface area contributed by atoms with Crippen molar-refractivity contribution in [3.05, 3.63) is 47.5 Å². The van der Waals surface area contributed by atoms with Crippen molar-refractivity contribution in [1.82, 2.24) is 0 Å². The lowest BCUT2D eigenvalue weighted by Crippen LogP contribution is -2.40. The van der Waals surface area contributed by atoms with Crippen molar-refractivity contribution in [2.45, 2.75) is 12.5 Å². The van der Waals surface area contributed by atoms with E-state index < -0.39 is 5.60 Å². The Balaban J connectivity index is 2.26. The number of methoxy groups -OCH3 is 1. The Morgan fingerprint density at radius 1 is 1.24 bits per heavy atom. The van der Waals surface area contributed by atoms with Gasteiger partial charge in [-0.3, -0.25) is 0 Å². The van der Waals surface area contributed by atoms with E-state index in [4.69, 9.17) is 15.2 Å². The van der Waals surface area contributed by atoms with Gasteiger partial charge in [0.15, 0.2) is 0 Å². The lowest BCUT2D eigenvalue weighted by atomic mass is 9.87. The molecule has 0 spiro atoms. The fourth-order valence-electron chi connectivity index (χ4n) is 2.70. The topological polar surface area (TPSA) is 64.7 Å². The van der Waals surface area contributed by atoms with Crippen LogP contribution in [0.3, 0.4) is 0 Å². The Morgan fingerprint density at radius 3 is 2.76 bits per heavy atom. The number of ether oxygens (including phenoxy) is 2. The first-order valence-electron chi connectivity index (χ1n) is 6.92. The molecule has 2 aromatic rings. The Morgan fingerprint density at radius 2 is 2.05 bits per heavy atom. The number of hydrogen-bond donors (Lipinski definition) is 2. The van der Waals surface area contributed by atoms with Gasteiger partial charge in [0.05, 0.1) is 7.11 Å². The number of hydrogen-bond acceptors (Lipinski definition) is 4. The van der Waals surface area contributed by atoms with Crippen molar-refractivity contribution < 1.29 is 14.6 Å². The van der Waals surface area contributed by atoms with Crippen LogP contribution in [0.2, 0.25) is 0 Å². The first kappa shape index (κ1) is 13.9. The summed E-state index contributed by atoms with van der Waals surface area (Å²) in [5.74, 6) is 1.42. The van der Waals surface area contributed by atoms with Crippen LogP contribution in [0.5, 0.6) is 11.5 Å². The monoisotopic (exact) mass is 285 g/mol. The summed E-state index contributed by atoms with van der Waals surface area (Å²) in [5.41, 5.74) is 8.44. The molecule has 110 valence electrons. The highest BCUT2D eigenvalue weighted by Gasteiger charge is 2.35. The number of nitrogens with two attached hydrogens (primary N) is 1. The van der Waals surface area contributed by atoms with E-state index in [1.165, 1.54) is 0 Å². The molecule has 3 N–H and O–H groups in total. The summed E-state index contributed by atoms with van der Waals surface area (Å²) in [6, 6.07) is 11.6. The zero-order chi connectivity index (χ0) is 15.0. The van der Waals surface area contributed by atoms with Gasteiger partial charge in [0.1, 0.15) is 23.7 Å². The molecule has 1 unspecified atom stereocenters. The molecule has 4 heteroatoms. The smallest absolute Gasteiger partial charge is 0.136 e. The molecule has 0 aliphatic carbocycles. The minimum atomic E-state index is -1.19. The normalized spacial score (nSPS) is 20.0.